The Labute approximate surface area is 142 Å². The zero-order chi connectivity index (χ0) is 18.8. The number of amides is 1. The number of benzene rings is 1. The summed E-state index contributed by atoms with van der Waals surface area (Å²) in [5.74, 6) is -1.86. The molecule has 0 aromatic heterocycles. The SMILES string of the molecule is CCC(NC(=O)C1(C(=O)O)CCC1)C(O)c1ccc(C(F)(F)F)cc1. The molecule has 1 fully saturated rings. The van der Waals surface area contributed by atoms with Crippen LogP contribution >= 0.6 is 0 Å². The smallest absolute Gasteiger partial charge is 0.416 e. The molecule has 3 N–H and O–H groups in total. The minimum Gasteiger partial charge on any atom is -0.480 e. The van der Waals surface area contributed by atoms with Crippen molar-refractivity contribution >= 4 is 11.9 Å². The molecule has 8 heteroatoms. The van der Waals surface area contributed by atoms with Crippen LogP contribution in [0.4, 0.5) is 13.2 Å². The summed E-state index contributed by atoms with van der Waals surface area (Å²) >= 11 is 0. The Balaban J connectivity index is 2.12. The van der Waals surface area contributed by atoms with Crippen molar-refractivity contribution in [1.82, 2.24) is 5.32 Å². The monoisotopic (exact) mass is 359 g/mol. The maximum Gasteiger partial charge on any atom is 0.416 e. The molecular weight excluding hydrogens is 339 g/mol. The lowest BCUT2D eigenvalue weighted by molar-refractivity contribution is -0.162. The predicted octanol–water partition coefficient (Wildman–Crippen LogP) is 2.89. The van der Waals surface area contributed by atoms with Crippen molar-refractivity contribution in [2.24, 2.45) is 5.41 Å². The predicted molar refractivity (Wildman–Crippen MR) is 82.5 cm³/mol. The second-order valence-corrected chi connectivity index (χ2v) is 6.29. The van der Waals surface area contributed by atoms with Crippen molar-refractivity contribution < 1.29 is 33.0 Å². The molecule has 5 nitrogen and oxygen atoms in total. The Morgan fingerprint density at radius 3 is 2.16 bits per heavy atom. The van der Waals surface area contributed by atoms with Gasteiger partial charge in [0.1, 0.15) is 5.41 Å². The fourth-order valence-electron chi connectivity index (χ4n) is 2.88. The van der Waals surface area contributed by atoms with E-state index in [1.165, 1.54) is 0 Å². The third kappa shape index (κ3) is 3.78. The van der Waals surface area contributed by atoms with Gasteiger partial charge in [-0.15, -0.1) is 0 Å². The van der Waals surface area contributed by atoms with Gasteiger partial charge in [0.05, 0.1) is 17.7 Å². The molecule has 2 rings (SSSR count). The number of rotatable bonds is 6. The maximum atomic E-state index is 12.6. The van der Waals surface area contributed by atoms with E-state index in [9.17, 15) is 33.0 Å². The van der Waals surface area contributed by atoms with Crippen LogP contribution in [0.5, 0.6) is 0 Å². The van der Waals surface area contributed by atoms with E-state index in [0.717, 1.165) is 24.3 Å². The average molecular weight is 359 g/mol. The molecular formula is C17H20F3NO4. The molecule has 2 atom stereocenters. The Hall–Kier alpha value is -2.09. The number of aliphatic carboxylic acids is 1. The summed E-state index contributed by atoms with van der Waals surface area (Å²) in [5, 5.41) is 22.2. The van der Waals surface area contributed by atoms with E-state index in [1.807, 2.05) is 0 Å². The highest BCUT2D eigenvalue weighted by atomic mass is 19.4. The van der Waals surface area contributed by atoms with Crippen LogP contribution in [0.1, 0.15) is 49.8 Å². The van der Waals surface area contributed by atoms with Crippen molar-refractivity contribution in [2.75, 3.05) is 0 Å². The summed E-state index contributed by atoms with van der Waals surface area (Å²) in [6.45, 7) is 1.69. The first-order valence-electron chi connectivity index (χ1n) is 8.01. The molecule has 0 spiro atoms. The highest BCUT2D eigenvalue weighted by molar-refractivity contribution is 6.02. The van der Waals surface area contributed by atoms with Gasteiger partial charge < -0.3 is 15.5 Å². The van der Waals surface area contributed by atoms with E-state index in [-0.39, 0.29) is 18.4 Å². The molecule has 25 heavy (non-hydrogen) atoms. The van der Waals surface area contributed by atoms with E-state index in [2.05, 4.69) is 5.32 Å². The number of aliphatic hydroxyl groups is 1. The van der Waals surface area contributed by atoms with Crippen molar-refractivity contribution in [2.45, 2.75) is 50.9 Å². The van der Waals surface area contributed by atoms with Gasteiger partial charge in [0.2, 0.25) is 5.91 Å². The van der Waals surface area contributed by atoms with Crippen LogP contribution in [-0.4, -0.2) is 28.1 Å². The van der Waals surface area contributed by atoms with Crippen molar-refractivity contribution in [3.63, 3.8) is 0 Å². The molecule has 1 aliphatic carbocycles. The summed E-state index contributed by atoms with van der Waals surface area (Å²) in [4.78, 5) is 23.7. The summed E-state index contributed by atoms with van der Waals surface area (Å²) < 4.78 is 37.8. The number of aliphatic hydroxyl groups excluding tert-OH is 1. The van der Waals surface area contributed by atoms with Crippen LogP contribution in [0.3, 0.4) is 0 Å². The number of hydrogen-bond donors (Lipinski definition) is 3. The normalized spacial score (nSPS) is 18.8. The first-order chi connectivity index (χ1) is 11.6. The van der Waals surface area contributed by atoms with E-state index in [1.54, 1.807) is 6.92 Å². The average Bonchev–Trinajstić information content (AvgIpc) is 2.49. The van der Waals surface area contributed by atoms with Crippen LogP contribution in [0.2, 0.25) is 0 Å². The quantitative estimate of drug-likeness (QED) is 0.682. The van der Waals surface area contributed by atoms with Crippen molar-refractivity contribution in [3.8, 4) is 0 Å². The molecule has 0 heterocycles. The zero-order valence-corrected chi connectivity index (χ0v) is 13.6. The highest BCUT2D eigenvalue weighted by Crippen LogP contribution is 2.41. The lowest BCUT2D eigenvalue weighted by Crippen LogP contribution is -2.54. The van der Waals surface area contributed by atoms with Gasteiger partial charge in [-0.1, -0.05) is 25.5 Å². The molecule has 1 aromatic carbocycles. The Morgan fingerprint density at radius 2 is 1.80 bits per heavy atom. The van der Waals surface area contributed by atoms with Crippen LogP contribution in [0, 0.1) is 5.41 Å². The maximum absolute atomic E-state index is 12.6. The van der Waals surface area contributed by atoms with E-state index >= 15 is 0 Å². The topological polar surface area (TPSA) is 86.6 Å². The number of hydrogen-bond acceptors (Lipinski definition) is 3. The lowest BCUT2D eigenvalue weighted by atomic mass is 9.68. The van der Waals surface area contributed by atoms with Gasteiger partial charge in [-0.25, -0.2) is 0 Å². The summed E-state index contributed by atoms with van der Waals surface area (Å²) in [6, 6.07) is 3.23. The van der Waals surface area contributed by atoms with Gasteiger partial charge in [-0.05, 0) is 37.0 Å². The third-order valence-corrected chi connectivity index (χ3v) is 4.77. The number of carboxylic acid groups (broad SMARTS) is 1. The van der Waals surface area contributed by atoms with Gasteiger partial charge in [0, 0.05) is 0 Å². The second kappa shape index (κ2) is 7.03. The number of halogens is 3. The molecule has 0 aliphatic heterocycles. The number of carboxylic acids is 1. The van der Waals surface area contributed by atoms with Crippen molar-refractivity contribution in [1.29, 1.82) is 0 Å². The standard InChI is InChI=1S/C17H20F3NO4/c1-2-12(21-14(23)16(15(24)25)8-3-9-16)13(22)10-4-6-11(7-5-10)17(18,19)20/h4-7,12-13,22H,2-3,8-9H2,1H3,(H,21,23)(H,24,25). The van der Waals surface area contributed by atoms with Crippen LogP contribution in [0.15, 0.2) is 24.3 Å². The molecule has 1 saturated carbocycles. The Kier molecular flexibility index (Phi) is 5.41. The van der Waals surface area contributed by atoms with Crippen LogP contribution in [0.25, 0.3) is 0 Å². The summed E-state index contributed by atoms with van der Waals surface area (Å²) in [6.07, 6.45) is -4.30. The number of carbonyl (C=O) groups is 2. The van der Waals surface area contributed by atoms with E-state index in [4.69, 9.17) is 0 Å². The fraction of sp³-hybridized carbons (Fsp3) is 0.529. The first kappa shape index (κ1) is 19.2. The largest absolute Gasteiger partial charge is 0.480 e. The molecule has 0 saturated heterocycles. The minimum absolute atomic E-state index is 0.220. The van der Waals surface area contributed by atoms with Gasteiger partial charge >= 0.3 is 12.1 Å². The number of alkyl halides is 3. The zero-order valence-electron chi connectivity index (χ0n) is 13.6. The molecule has 1 aromatic rings. The van der Waals surface area contributed by atoms with Gasteiger partial charge in [-0.3, -0.25) is 9.59 Å². The van der Waals surface area contributed by atoms with Gasteiger partial charge in [0.25, 0.3) is 0 Å². The molecule has 138 valence electrons. The molecule has 0 bridgehead atoms. The summed E-state index contributed by atoms with van der Waals surface area (Å²) in [7, 11) is 0. The minimum atomic E-state index is -4.47. The Bertz CT molecular complexity index is 638. The number of carbonyl (C=O) groups excluding carboxylic acids is 1. The highest BCUT2D eigenvalue weighted by Gasteiger charge is 2.51. The van der Waals surface area contributed by atoms with Gasteiger partial charge in [-0.2, -0.15) is 13.2 Å². The number of nitrogens with one attached hydrogen (secondary N) is 1. The first-order valence-corrected chi connectivity index (χ1v) is 8.01. The molecule has 2 unspecified atom stereocenters. The van der Waals surface area contributed by atoms with Crippen molar-refractivity contribution in [3.05, 3.63) is 35.4 Å². The van der Waals surface area contributed by atoms with E-state index < -0.39 is 41.2 Å². The van der Waals surface area contributed by atoms with Gasteiger partial charge in [0.15, 0.2) is 0 Å². The second-order valence-electron chi connectivity index (χ2n) is 6.29. The molecule has 1 amide bonds. The third-order valence-electron chi connectivity index (χ3n) is 4.77. The fourth-order valence-corrected chi connectivity index (χ4v) is 2.88. The molecule has 1 aliphatic rings. The van der Waals surface area contributed by atoms with Crippen LogP contribution in [-0.2, 0) is 15.8 Å². The Morgan fingerprint density at radius 1 is 1.24 bits per heavy atom. The lowest BCUT2D eigenvalue weighted by Gasteiger charge is -2.37. The van der Waals surface area contributed by atoms with E-state index in [0.29, 0.717) is 12.8 Å². The molecule has 0 radical (unpaired) electrons. The summed E-state index contributed by atoms with van der Waals surface area (Å²) in [5.41, 5.74) is -2.08. The van der Waals surface area contributed by atoms with Crippen LogP contribution < -0.4 is 5.32 Å².